The van der Waals surface area contributed by atoms with Gasteiger partial charge in [0.2, 0.25) is 0 Å². The maximum atomic E-state index is 11.6. The predicted octanol–water partition coefficient (Wildman–Crippen LogP) is 0.710. The highest BCUT2D eigenvalue weighted by Crippen LogP contribution is 2.15. The molecule has 0 aliphatic rings. The highest BCUT2D eigenvalue weighted by atomic mass is 16.5. The number of nitrogens with one attached hydrogen (secondary N) is 2. The summed E-state index contributed by atoms with van der Waals surface area (Å²) in [5.41, 5.74) is 0. The molecule has 2 aromatic heterocycles. The van der Waals surface area contributed by atoms with Crippen molar-refractivity contribution in [3.05, 3.63) is 36.5 Å². The minimum Gasteiger partial charge on any atom is -0.467 e. The number of hydrogen-bond acceptors (Lipinski definition) is 6. The van der Waals surface area contributed by atoms with Crippen LogP contribution < -0.4 is 10.6 Å². The van der Waals surface area contributed by atoms with Crippen molar-refractivity contribution >= 4 is 17.6 Å². The molecule has 0 radical (unpaired) electrons. The Hall–Kier alpha value is -2.61. The molecule has 1 unspecified atom stereocenters. The normalized spacial score (nSPS) is 11.8. The fraction of sp³-hybridized carbons (Fsp3) is 0.250. The second-order valence-corrected chi connectivity index (χ2v) is 3.79. The van der Waals surface area contributed by atoms with Crippen LogP contribution in [0.4, 0.5) is 5.82 Å². The summed E-state index contributed by atoms with van der Waals surface area (Å²) in [6.07, 6.45) is 2.32. The number of amides is 2. The van der Waals surface area contributed by atoms with Crippen molar-refractivity contribution in [1.29, 1.82) is 0 Å². The molecule has 2 amide bonds. The minimum atomic E-state index is -0.840. The van der Waals surface area contributed by atoms with Crippen LogP contribution in [0.15, 0.2) is 39.7 Å². The monoisotopic (exact) mass is 279 g/mol. The standard InChI is InChI=1S/C12H13N3O5/c1-18-9(8-3-2-5-19-8)7-13-11(16)12(17)14-10-4-6-20-15-10/h2-6,9H,7H2,1H3,(H,13,16)(H,14,15,17). The molecular weight excluding hydrogens is 266 g/mol. The van der Waals surface area contributed by atoms with Gasteiger partial charge in [-0.3, -0.25) is 14.9 Å². The van der Waals surface area contributed by atoms with E-state index in [4.69, 9.17) is 9.15 Å². The first-order valence-electron chi connectivity index (χ1n) is 5.76. The van der Waals surface area contributed by atoms with Gasteiger partial charge in [0.15, 0.2) is 5.82 Å². The van der Waals surface area contributed by atoms with Crippen LogP contribution >= 0.6 is 0 Å². The zero-order valence-electron chi connectivity index (χ0n) is 10.7. The van der Waals surface area contributed by atoms with Gasteiger partial charge in [-0.25, -0.2) is 0 Å². The summed E-state index contributed by atoms with van der Waals surface area (Å²) in [7, 11) is 1.48. The van der Waals surface area contributed by atoms with Gasteiger partial charge < -0.3 is 19.0 Å². The lowest BCUT2D eigenvalue weighted by Gasteiger charge is -2.13. The number of aromatic nitrogens is 1. The average Bonchev–Trinajstić information content (AvgIpc) is 3.12. The van der Waals surface area contributed by atoms with Crippen molar-refractivity contribution < 1.29 is 23.3 Å². The van der Waals surface area contributed by atoms with Crippen molar-refractivity contribution in [2.45, 2.75) is 6.10 Å². The molecule has 0 aliphatic heterocycles. The topological polar surface area (TPSA) is 107 Å². The van der Waals surface area contributed by atoms with E-state index in [0.717, 1.165) is 0 Å². The Balaban J connectivity index is 1.83. The van der Waals surface area contributed by atoms with E-state index in [-0.39, 0.29) is 12.4 Å². The van der Waals surface area contributed by atoms with Gasteiger partial charge in [0.05, 0.1) is 12.8 Å². The van der Waals surface area contributed by atoms with Gasteiger partial charge in [0, 0.05) is 13.2 Å². The van der Waals surface area contributed by atoms with E-state index in [1.54, 1.807) is 12.1 Å². The molecule has 0 aromatic carbocycles. The van der Waals surface area contributed by atoms with Gasteiger partial charge in [-0.05, 0) is 12.1 Å². The summed E-state index contributed by atoms with van der Waals surface area (Å²) in [5, 5.41) is 8.18. The van der Waals surface area contributed by atoms with Crippen LogP contribution in [0.5, 0.6) is 0 Å². The van der Waals surface area contributed by atoms with Gasteiger partial charge in [0.25, 0.3) is 0 Å². The summed E-state index contributed by atoms with van der Waals surface area (Å²) in [6.45, 7) is 0.106. The van der Waals surface area contributed by atoms with Gasteiger partial charge in [-0.2, -0.15) is 0 Å². The first-order chi connectivity index (χ1) is 9.70. The number of methoxy groups -OCH3 is 1. The van der Waals surface area contributed by atoms with Crippen LogP contribution in [0.1, 0.15) is 11.9 Å². The molecule has 2 heterocycles. The molecule has 0 saturated heterocycles. The van der Waals surface area contributed by atoms with Crippen LogP contribution in [-0.4, -0.2) is 30.6 Å². The zero-order valence-corrected chi connectivity index (χ0v) is 10.7. The van der Waals surface area contributed by atoms with Crippen LogP contribution in [-0.2, 0) is 14.3 Å². The lowest BCUT2D eigenvalue weighted by Crippen LogP contribution is -2.38. The SMILES string of the molecule is COC(CNC(=O)C(=O)Nc1ccon1)c1ccco1. The minimum absolute atomic E-state index is 0.106. The molecule has 2 rings (SSSR count). The Morgan fingerprint density at radius 3 is 2.80 bits per heavy atom. The highest BCUT2D eigenvalue weighted by Gasteiger charge is 2.19. The molecule has 8 nitrogen and oxygen atoms in total. The molecule has 0 saturated carbocycles. The second kappa shape index (κ2) is 6.53. The van der Waals surface area contributed by atoms with Crippen LogP contribution in [0.2, 0.25) is 0 Å². The molecule has 8 heteroatoms. The quantitative estimate of drug-likeness (QED) is 0.781. The Kier molecular flexibility index (Phi) is 4.51. The van der Waals surface area contributed by atoms with Crippen molar-refractivity contribution in [3.63, 3.8) is 0 Å². The number of nitrogens with zero attached hydrogens (tertiary/aromatic N) is 1. The van der Waals surface area contributed by atoms with E-state index >= 15 is 0 Å². The molecule has 2 N–H and O–H groups in total. The highest BCUT2D eigenvalue weighted by molar-refractivity contribution is 6.39. The number of hydrogen-bond donors (Lipinski definition) is 2. The number of anilines is 1. The van der Waals surface area contributed by atoms with E-state index in [2.05, 4.69) is 20.3 Å². The van der Waals surface area contributed by atoms with Crippen molar-refractivity contribution in [2.75, 3.05) is 19.0 Å². The Bertz CT molecular complexity index is 550. The number of rotatable bonds is 5. The van der Waals surface area contributed by atoms with E-state index < -0.39 is 17.9 Å². The molecule has 1 atom stereocenters. The van der Waals surface area contributed by atoms with Gasteiger partial charge in [0.1, 0.15) is 18.1 Å². The summed E-state index contributed by atoms with van der Waals surface area (Å²) < 4.78 is 14.9. The summed E-state index contributed by atoms with van der Waals surface area (Å²) in [5.74, 6) is -0.918. The molecular formula is C12H13N3O5. The molecule has 0 spiro atoms. The molecule has 106 valence electrons. The summed E-state index contributed by atoms with van der Waals surface area (Å²) in [6, 6.07) is 4.85. The Morgan fingerprint density at radius 2 is 2.20 bits per heavy atom. The molecule has 0 bridgehead atoms. The van der Waals surface area contributed by atoms with E-state index in [9.17, 15) is 9.59 Å². The lowest BCUT2D eigenvalue weighted by atomic mass is 10.2. The van der Waals surface area contributed by atoms with Crippen LogP contribution in [0.3, 0.4) is 0 Å². The average molecular weight is 279 g/mol. The third-order valence-corrected chi connectivity index (χ3v) is 2.48. The predicted molar refractivity (Wildman–Crippen MR) is 66.6 cm³/mol. The number of ether oxygens (including phenoxy) is 1. The zero-order chi connectivity index (χ0) is 14.4. The largest absolute Gasteiger partial charge is 0.467 e. The molecule has 2 aromatic rings. The van der Waals surface area contributed by atoms with Gasteiger partial charge in [-0.1, -0.05) is 5.16 Å². The maximum Gasteiger partial charge on any atom is 0.314 e. The van der Waals surface area contributed by atoms with Crippen molar-refractivity contribution in [3.8, 4) is 0 Å². The first-order valence-corrected chi connectivity index (χ1v) is 5.76. The third kappa shape index (κ3) is 3.45. The Morgan fingerprint density at radius 1 is 1.35 bits per heavy atom. The van der Waals surface area contributed by atoms with Crippen molar-refractivity contribution in [1.82, 2.24) is 10.5 Å². The maximum absolute atomic E-state index is 11.6. The first kappa shape index (κ1) is 13.8. The third-order valence-electron chi connectivity index (χ3n) is 2.48. The van der Waals surface area contributed by atoms with Crippen molar-refractivity contribution in [2.24, 2.45) is 0 Å². The second-order valence-electron chi connectivity index (χ2n) is 3.79. The smallest absolute Gasteiger partial charge is 0.314 e. The fourth-order valence-electron chi connectivity index (χ4n) is 1.49. The molecule has 20 heavy (non-hydrogen) atoms. The fourth-order valence-corrected chi connectivity index (χ4v) is 1.49. The number of furan rings is 1. The van der Waals surface area contributed by atoms with Gasteiger partial charge in [-0.15, -0.1) is 0 Å². The van der Waals surface area contributed by atoms with Crippen LogP contribution in [0, 0.1) is 0 Å². The Labute approximate surface area is 114 Å². The lowest BCUT2D eigenvalue weighted by molar-refractivity contribution is -0.136. The summed E-state index contributed by atoms with van der Waals surface area (Å²) >= 11 is 0. The van der Waals surface area contributed by atoms with Crippen LogP contribution in [0.25, 0.3) is 0 Å². The van der Waals surface area contributed by atoms with E-state index in [1.807, 2.05) is 0 Å². The van der Waals surface area contributed by atoms with Gasteiger partial charge >= 0.3 is 11.8 Å². The van der Waals surface area contributed by atoms with E-state index in [1.165, 1.54) is 25.7 Å². The molecule has 0 fully saturated rings. The number of carbonyl (C=O) groups excluding carboxylic acids is 2. The summed E-state index contributed by atoms with van der Waals surface area (Å²) in [4.78, 5) is 23.1. The van der Waals surface area contributed by atoms with E-state index in [0.29, 0.717) is 5.76 Å². The number of carbonyl (C=O) groups is 2. The molecule has 0 aliphatic carbocycles.